The zero-order valence-corrected chi connectivity index (χ0v) is 9.87. The van der Waals surface area contributed by atoms with E-state index < -0.39 is 0 Å². The van der Waals surface area contributed by atoms with Gasteiger partial charge < -0.3 is 5.32 Å². The summed E-state index contributed by atoms with van der Waals surface area (Å²) in [7, 11) is 0. The first kappa shape index (κ1) is 12.3. The van der Waals surface area contributed by atoms with Gasteiger partial charge in [0.05, 0.1) is 12.0 Å². The molecule has 3 heteroatoms. The molecule has 0 aromatic heterocycles. The van der Waals surface area contributed by atoms with Crippen molar-refractivity contribution in [2.75, 3.05) is 5.32 Å². The molecule has 0 heterocycles. The molecule has 0 bridgehead atoms. The monoisotopic (exact) mass is 216 g/mol. The summed E-state index contributed by atoms with van der Waals surface area (Å²) in [6.07, 6.45) is 0.240. The summed E-state index contributed by atoms with van der Waals surface area (Å²) in [4.78, 5) is 11.5. The van der Waals surface area contributed by atoms with Crippen LogP contribution in [-0.2, 0) is 4.79 Å². The predicted molar refractivity (Wildman–Crippen MR) is 63.9 cm³/mol. The van der Waals surface area contributed by atoms with Gasteiger partial charge in [0, 0.05) is 12.1 Å². The number of nitriles is 1. The lowest BCUT2D eigenvalue weighted by Crippen LogP contribution is -2.14. The lowest BCUT2D eigenvalue weighted by atomic mass is 10.1. The number of nitrogens with one attached hydrogen (secondary N) is 1. The van der Waals surface area contributed by atoms with Crippen LogP contribution in [0.15, 0.2) is 18.2 Å². The normalized spacial score (nSPS) is 11.6. The zero-order chi connectivity index (χ0) is 12.1. The van der Waals surface area contributed by atoms with E-state index in [1.54, 1.807) is 6.92 Å². The lowest BCUT2D eigenvalue weighted by molar-refractivity contribution is -0.116. The minimum Gasteiger partial charge on any atom is -0.326 e. The number of hydrogen-bond donors (Lipinski definition) is 1. The summed E-state index contributed by atoms with van der Waals surface area (Å²) in [5.41, 5.74) is 3.03. The van der Waals surface area contributed by atoms with Gasteiger partial charge >= 0.3 is 0 Å². The molecule has 1 N–H and O–H groups in total. The van der Waals surface area contributed by atoms with E-state index in [0.717, 1.165) is 16.8 Å². The third kappa shape index (κ3) is 3.74. The van der Waals surface area contributed by atoms with Crippen molar-refractivity contribution in [3.05, 3.63) is 29.3 Å². The Hall–Kier alpha value is -1.82. The smallest absolute Gasteiger partial charge is 0.225 e. The minimum absolute atomic E-state index is 0.112. The summed E-state index contributed by atoms with van der Waals surface area (Å²) in [5.74, 6) is -0.357. The minimum atomic E-state index is -0.245. The Morgan fingerprint density at radius 3 is 2.44 bits per heavy atom. The molecule has 3 nitrogen and oxygen atoms in total. The highest BCUT2D eigenvalue weighted by Crippen LogP contribution is 2.14. The number of amides is 1. The molecule has 0 radical (unpaired) electrons. The van der Waals surface area contributed by atoms with Crippen LogP contribution in [-0.4, -0.2) is 5.91 Å². The van der Waals surface area contributed by atoms with E-state index >= 15 is 0 Å². The first-order chi connectivity index (χ1) is 7.51. The first-order valence-corrected chi connectivity index (χ1v) is 5.29. The molecule has 0 fully saturated rings. The number of nitrogens with zero attached hydrogens (tertiary/aromatic N) is 1. The highest BCUT2D eigenvalue weighted by atomic mass is 16.1. The number of hydrogen-bond acceptors (Lipinski definition) is 2. The maximum absolute atomic E-state index is 11.5. The summed E-state index contributed by atoms with van der Waals surface area (Å²) in [6, 6.07) is 7.93. The third-order valence-corrected chi connectivity index (χ3v) is 2.22. The van der Waals surface area contributed by atoms with E-state index in [-0.39, 0.29) is 18.2 Å². The van der Waals surface area contributed by atoms with Gasteiger partial charge in [0.1, 0.15) is 0 Å². The van der Waals surface area contributed by atoms with Crippen molar-refractivity contribution in [2.24, 2.45) is 5.92 Å². The van der Waals surface area contributed by atoms with Gasteiger partial charge in [0.2, 0.25) is 5.91 Å². The van der Waals surface area contributed by atoms with E-state index in [0.29, 0.717) is 0 Å². The molecule has 1 atom stereocenters. The zero-order valence-electron chi connectivity index (χ0n) is 9.87. The van der Waals surface area contributed by atoms with Crippen molar-refractivity contribution in [3.8, 4) is 6.07 Å². The Kier molecular flexibility index (Phi) is 4.07. The second kappa shape index (κ2) is 5.32. The van der Waals surface area contributed by atoms with Crippen LogP contribution in [0.1, 0.15) is 24.5 Å². The van der Waals surface area contributed by atoms with E-state index in [1.165, 1.54) is 0 Å². The van der Waals surface area contributed by atoms with Crippen molar-refractivity contribution < 1.29 is 4.79 Å². The number of carbonyl (C=O) groups is 1. The Bertz CT molecular complexity index is 412. The fourth-order valence-corrected chi connectivity index (χ4v) is 1.58. The molecule has 1 unspecified atom stereocenters. The van der Waals surface area contributed by atoms with Crippen LogP contribution in [0, 0.1) is 31.1 Å². The Morgan fingerprint density at radius 2 is 1.94 bits per heavy atom. The van der Waals surface area contributed by atoms with Gasteiger partial charge in [-0.3, -0.25) is 4.79 Å². The van der Waals surface area contributed by atoms with Gasteiger partial charge in [-0.05, 0) is 44.0 Å². The van der Waals surface area contributed by atoms with Crippen molar-refractivity contribution in [2.45, 2.75) is 27.2 Å². The molecule has 0 aliphatic heterocycles. The number of benzene rings is 1. The molecule has 1 rings (SSSR count). The van der Waals surface area contributed by atoms with Crippen LogP contribution in [0.3, 0.4) is 0 Å². The number of rotatable bonds is 3. The molecule has 1 aromatic carbocycles. The Morgan fingerprint density at radius 1 is 1.38 bits per heavy atom. The Labute approximate surface area is 96.1 Å². The van der Waals surface area contributed by atoms with Crippen LogP contribution < -0.4 is 5.32 Å². The highest BCUT2D eigenvalue weighted by molar-refractivity contribution is 5.91. The topological polar surface area (TPSA) is 52.9 Å². The third-order valence-electron chi connectivity index (χ3n) is 2.22. The number of anilines is 1. The molecule has 0 saturated heterocycles. The van der Waals surface area contributed by atoms with Crippen LogP contribution >= 0.6 is 0 Å². The van der Waals surface area contributed by atoms with Gasteiger partial charge in [0.25, 0.3) is 0 Å². The second-order valence-corrected chi connectivity index (χ2v) is 4.16. The average Bonchev–Trinajstić information content (AvgIpc) is 2.15. The second-order valence-electron chi connectivity index (χ2n) is 4.16. The van der Waals surface area contributed by atoms with Gasteiger partial charge in [-0.2, -0.15) is 5.26 Å². The predicted octanol–water partition coefficient (Wildman–Crippen LogP) is 2.79. The van der Waals surface area contributed by atoms with Crippen LogP contribution in [0.4, 0.5) is 5.69 Å². The molecule has 0 aliphatic rings. The first-order valence-electron chi connectivity index (χ1n) is 5.29. The molecule has 16 heavy (non-hydrogen) atoms. The fourth-order valence-electron chi connectivity index (χ4n) is 1.58. The van der Waals surface area contributed by atoms with Gasteiger partial charge in [-0.25, -0.2) is 0 Å². The van der Waals surface area contributed by atoms with Crippen molar-refractivity contribution in [1.82, 2.24) is 0 Å². The summed E-state index contributed by atoms with van der Waals surface area (Å²) in [5, 5.41) is 11.4. The summed E-state index contributed by atoms with van der Waals surface area (Å²) < 4.78 is 0. The van der Waals surface area contributed by atoms with Crippen molar-refractivity contribution >= 4 is 11.6 Å². The molecular weight excluding hydrogens is 200 g/mol. The van der Waals surface area contributed by atoms with Crippen molar-refractivity contribution in [1.29, 1.82) is 5.26 Å². The molecule has 1 aromatic rings. The van der Waals surface area contributed by atoms with Gasteiger partial charge in [-0.15, -0.1) is 0 Å². The number of aryl methyl sites for hydroxylation is 2. The largest absolute Gasteiger partial charge is 0.326 e. The molecule has 1 amide bonds. The maximum atomic E-state index is 11.5. The summed E-state index contributed by atoms with van der Waals surface area (Å²) in [6.45, 7) is 5.71. The fraction of sp³-hybridized carbons (Fsp3) is 0.385. The highest BCUT2D eigenvalue weighted by Gasteiger charge is 2.08. The van der Waals surface area contributed by atoms with Crippen molar-refractivity contribution in [3.63, 3.8) is 0 Å². The quantitative estimate of drug-likeness (QED) is 0.844. The van der Waals surface area contributed by atoms with Crippen LogP contribution in [0.5, 0.6) is 0 Å². The van der Waals surface area contributed by atoms with E-state index in [4.69, 9.17) is 5.26 Å². The standard InChI is InChI=1S/C13H16N2O/c1-9-4-10(2)6-12(5-9)15-13(16)7-11(3)8-14/h4-6,11H,7H2,1-3H3,(H,15,16). The van der Waals surface area contributed by atoms with Crippen LogP contribution in [0.2, 0.25) is 0 Å². The molecule has 0 spiro atoms. The van der Waals surface area contributed by atoms with E-state index in [1.807, 2.05) is 38.1 Å². The number of carbonyl (C=O) groups excluding carboxylic acids is 1. The molecule has 0 aliphatic carbocycles. The van der Waals surface area contributed by atoms with E-state index in [2.05, 4.69) is 5.32 Å². The maximum Gasteiger partial charge on any atom is 0.225 e. The average molecular weight is 216 g/mol. The van der Waals surface area contributed by atoms with Gasteiger partial charge in [-0.1, -0.05) is 6.07 Å². The molecule has 0 saturated carbocycles. The lowest BCUT2D eigenvalue weighted by Gasteiger charge is -2.08. The van der Waals surface area contributed by atoms with Crippen LogP contribution in [0.25, 0.3) is 0 Å². The molecule has 84 valence electrons. The SMILES string of the molecule is Cc1cc(C)cc(NC(=O)CC(C)C#N)c1. The van der Waals surface area contributed by atoms with E-state index in [9.17, 15) is 4.79 Å². The summed E-state index contributed by atoms with van der Waals surface area (Å²) >= 11 is 0. The molecular formula is C13H16N2O. The Balaban J connectivity index is 2.67. The van der Waals surface area contributed by atoms with Gasteiger partial charge in [0.15, 0.2) is 0 Å².